The summed E-state index contributed by atoms with van der Waals surface area (Å²) in [6.45, 7) is 1.90. The minimum atomic E-state index is -0.175. The van der Waals surface area contributed by atoms with Crippen LogP contribution in [0.1, 0.15) is 16.2 Å². The van der Waals surface area contributed by atoms with Crippen molar-refractivity contribution in [3.05, 3.63) is 27.4 Å². The molecule has 0 aliphatic carbocycles. The summed E-state index contributed by atoms with van der Waals surface area (Å²) in [5.41, 5.74) is 2.18. The van der Waals surface area contributed by atoms with Crippen molar-refractivity contribution in [3.8, 4) is 0 Å². The first kappa shape index (κ1) is 12.1. The van der Waals surface area contributed by atoms with Crippen LogP contribution in [0.25, 0.3) is 0 Å². The van der Waals surface area contributed by atoms with Crippen LogP contribution >= 0.6 is 22.6 Å². The molecular formula is C10H12IN5O. The van der Waals surface area contributed by atoms with Gasteiger partial charge in [0, 0.05) is 14.1 Å². The van der Waals surface area contributed by atoms with Gasteiger partial charge >= 0.3 is 0 Å². The largest absolute Gasteiger partial charge is 0.318 e. The standard InChI is InChI=1S/C10H12IN5O/c1-6-8(5-13-15(6)2)14-10(17)9-7(11)4-12-16(9)3/h4-5H,1-3H3,(H,14,17). The van der Waals surface area contributed by atoms with Gasteiger partial charge < -0.3 is 5.32 Å². The van der Waals surface area contributed by atoms with Crippen LogP contribution in [0.3, 0.4) is 0 Å². The molecule has 90 valence electrons. The Morgan fingerprint density at radius 2 is 1.94 bits per heavy atom. The number of rotatable bonds is 2. The van der Waals surface area contributed by atoms with E-state index in [2.05, 4.69) is 38.1 Å². The molecule has 7 heteroatoms. The lowest BCUT2D eigenvalue weighted by Gasteiger charge is -2.05. The molecule has 0 aromatic carbocycles. The first-order valence-electron chi connectivity index (χ1n) is 4.98. The predicted molar refractivity (Wildman–Crippen MR) is 71.8 cm³/mol. The van der Waals surface area contributed by atoms with Gasteiger partial charge in [0.2, 0.25) is 0 Å². The second kappa shape index (κ2) is 4.47. The van der Waals surface area contributed by atoms with Crippen LogP contribution in [0, 0.1) is 10.5 Å². The summed E-state index contributed by atoms with van der Waals surface area (Å²) in [5.74, 6) is -0.175. The van der Waals surface area contributed by atoms with E-state index in [0.29, 0.717) is 5.69 Å². The topological polar surface area (TPSA) is 64.7 Å². The number of halogens is 1. The molecule has 0 atom stereocenters. The molecule has 1 N–H and O–H groups in total. The molecule has 6 nitrogen and oxygen atoms in total. The average Bonchev–Trinajstić information content (AvgIpc) is 2.76. The summed E-state index contributed by atoms with van der Waals surface area (Å²) in [6, 6.07) is 0. The Kier molecular flexibility index (Phi) is 3.18. The molecule has 2 aromatic rings. The van der Waals surface area contributed by atoms with Crippen molar-refractivity contribution in [2.24, 2.45) is 14.1 Å². The number of carbonyl (C=O) groups excluding carboxylic acids is 1. The molecule has 2 heterocycles. The van der Waals surface area contributed by atoms with E-state index in [1.165, 1.54) is 0 Å². The fraction of sp³-hybridized carbons (Fsp3) is 0.300. The van der Waals surface area contributed by atoms with Crippen molar-refractivity contribution >= 4 is 34.2 Å². The fourth-order valence-corrected chi connectivity index (χ4v) is 2.19. The van der Waals surface area contributed by atoms with Gasteiger partial charge in [0.1, 0.15) is 5.69 Å². The van der Waals surface area contributed by atoms with E-state index in [-0.39, 0.29) is 5.91 Å². The van der Waals surface area contributed by atoms with Crippen LogP contribution in [0.15, 0.2) is 12.4 Å². The minimum Gasteiger partial charge on any atom is -0.318 e. The lowest BCUT2D eigenvalue weighted by Crippen LogP contribution is -2.17. The normalized spacial score (nSPS) is 10.6. The first-order chi connectivity index (χ1) is 8.00. The summed E-state index contributed by atoms with van der Waals surface area (Å²) in [7, 11) is 3.58. The van der Waals surface area contributed by atoms with E-state index in [1.807, 2.05) is 14.0 Å². The highest BCUT2D eigenvalue weighted by Crippen LogP contribution is 2.16. The van der Waals surface area contributed by atoms with E-state index in [9.17, 15) is 4.79 Å². The number of nitrogens with one attached hydrogen (secondary N) is 1. The van der Waals surface area contributed by atoms with Crippen molar-refractivity contribution in [3.63, 3.8) is 0 Å². The van der Waals surface area contributed by atoms with E-state index < -0.39 is 0 Å². The third kappa shape index (κ3) is 2.19. The van der Waals surface area contributed by atoms with Gasteiger partial charge in [-0.25, -0.2) is 0 Å². The average molecular weight is 345 g/mol. The summed E-state index contributed by atoms with van der Waals surface area (Å²) in [6.07, 6.45) is 3.29. The molecule has 0 bridgehead atoms. The van der Waals surface area contributed by atoms with E-state index in [1.54, 1.807) is 28.8 Å². The number of hydrogen-bond donors (Lipinski definition) is 1. The number of anilines is 1. The molecule has 0 aliphatic rings. The first-order valence-corrected chi connectivity index (χ1v) is 6.06. The summed E-state index contributed by atoms with van der Waals surface area (Å²) >= 11 is 2.09. The second-order valence-corrected chi connectivity index (χ2v) is 4.85. The lowest BCUT2D eigenvalue weighted by molar-refractivity contribution is 0.101. The molecule has 0 aliphatic heterocycles. The lowest BCUT2D eigenvalue weighted by atomic mass is 10.3. The van der Waals surface area contributed by atoms with Crippen molar-refractivity contribution in [1.29, 1.82) is 0 Å². The number of aromatic nitrogens is 4. The van der Waals surface area contributed by atoms with Crippen molar-refractivity contribution < 1.29 is 4.79 Å². The number of nitrogens with zero attached hydrogens (tertiary/aromatic N) is 4. The van der Waals surface area contributed by atoms with Crippen molar-refractivity contribution in [2.45, 2.75) is 6.92 Å². The molecule has 0 radical (unpaired) electrons. The van der Waals surface area contributed by atoms with Crippen LogP contribution in [-0.2, 0) is 14.1 Å². The van der Waals surface area contributed by atoms with Crippen LogP contribution < -0.4 is 5.32 Å². The van der Waals surface area contributed by atoms with Crippen LogP contribution in [0.2, 0.25) is 0 Å². The van der Waals surface area contributed by atoms with Crippen molar-refractivity contribution in [1.82, 2.24) is 19.6 Å². The van der Waals surface area contributed by atoms with Gasteiger partial charge in [-0.15, -0.1) is 0 Å². The van der Waals surface area contributed by atoms with Crippen LogP contribution in [0.5, 0.6) is 0 Å². The third-order valence-corrected chi connectivity index (χ3v) is 3.38. The highest BCUT2D eigenvalue weighted by molar-refractivity contribution is 14.1. The number of amides is 1. The molecule has 1 amide bonds. The van der Waals surface area contributed by atoms with Gasteiger partial charge in [0.15, 0.2) is 0 Å². The Bertz CT molecular complexity index is 552. The smallest absolute Gasteiger partial charge is 0.275 e. The summed E-state index contributed by atoms with van der Waals surface area (Å²) in [4.78, 5) is 12.1. The van der Waals surface area contributed by atoms with Gasteiger partial charge in [-0.2, -0.15) is 10.2 Å². The van der Waals surface area contributed by atoms with E-state index in [4.69, 9.17) is 0 Å². The second-order valence-electron chi connectivity index (χ2n) is 3.69. The molecule has 0 saturated carbocycles. The highest BCUT2D eigenvalue weighted by atomic mass is 127. The SMILES string of the molecule is Cc1c(NC(=O)c2c(I)cnn2C)cnn1C. The number of aryl methyl sites for hydroxylation is 2. The molecule has 17 heavy (non-hydrogen) atoms. The summed E-state index contributed by atoms with van der Waals surface area (Å²) in [5, 5.41) is 10.9. The Hall–Kier alpha value is -1.38. The number of carbonyl (C=O) groups is 1. The maximum Gasteiger partial charge on any atom is 0.275 e. The summed E-state index contributed by atoms with van der Waals surface area (Å²) < 4.78 is 4.09. The third-order valence-electron chi connectivity index (χ3n) is 2.59. The maximum atomic E-state index is 12.1. The molecule has 2 rings (SSSR count). The molecule has 0 saturated heterocycles. The zero-order chi connectivity index (χ0) is 12.6. The van der Waals surface area contributed by atoms with Gasteiger partial charge in [0.25, 0.3) is 5.91 Å². The zero-order valence-electron chi connectivity index (χ0n) is 9.73. The quantitative estimate of drug-likeness (QED) is 0.835. The van der Waals surface area contributed by atoms with Crippen LogP contribution in [-0.4, -0.2) is 25.5 Å². The Morgan fingerprint density at radius 3 is 2.41 bits per heavy atom. The van der Waals surface area contributed by atoms with E-state index >= 15 is 0 Å². The highest BCUT2D eigenvalue weighted by Gasteiger charge is 2.16. The number of hydrogen-bond acceptors (Lipinski definition) is 3. The molecule has 0 unspecified atom stereocenters. The van der Waals surface area contributed by atoms with Gasteiger partial charge in [-0.1, -0.05) is 0 Å². The molecule has 0 fully saturated rings. The van der Waals surface area contributed by atoms with Crippen molar-refractivity contribution in [2.75, 3.05) is 5.32 Å². The fourth-order valence-electron chi connectivity index (χ4n) is 1.47. The monoisotopic (exact) mass is 345 g/mol. The van der Waals surface area contributed by atoms with Gasteiger partial charge in [0.05, 0.1) is 27.3 Å². The van der Waals surface area contributed by atoms with E-state index in [0.717, 1.165) is 15.0 Å². The van der Waals surface area contributed by atoms with Gasteiger partial charge in [-0.05, 0) is 29.5 Å². The Balaban J connectivity index is 2.26. The Labute approximate surface area is 112 Å². The molecular weight excluding hydrogens is 333 g/mol. The van der Waals surface area contributed by atoms with Gasteiger partial charge in [-0.3, -0.25) is 14.2 Å². The molecule has 2 aromatic heterocycles. The Morgan fingerprint density at radius 1 is 1.29 bits per heavy atom. The zero-order valence-corrected chi connectivity index (χ0v) is 11.9. The maximum absolute atomic E-state index is 12.1. The molecule has 0 spiro atoms. The van der Waals surface area contributed by atoms with Crippen LogP contribution in [0.4, 0.5) is 5.69 Å². The minimum absolute atomic E-state index is 0.175. The predicted octanol–water partition coefficient (Wildman–Crippen LogP) is 1.32.